The number of rotatable bonds is 7. The fourth-order valence-corrected chi connectivity index (χ4v) is 2.43. The van der Waals surface area contributed by atoms with Crippen LogP contribution >= 0.6 is 24.0 Å². The molecule has 0 saturated heterocycles. The first-order valence-electron chi connectivity index (χ1n) is 8.63. The number of aromatic nitrogens is 2. The molecule has 0 aliphatic heterocycles. The largest absolute Gasteiger partial charge is 0.433 e. The lowest BCUT2D eigenvalue weighted by Gasteiger charge is -2.13. The molecule has 29 heavy (non-hydrogen) atoms. The molecule has 160 valence electrons. The van der Waals surface area contributed by atoms with Crippen LogP contribution in [0.25, 0.3) is 0 Å². The second-order valence-electron chi connectivity index (χ2n) is 5.94. The average Bonchev–Trinajstić information content (AvgIpc) is 2.65. The first-order valence-corrected chi connectivity index (χ1v) is 8.63. The molecule has 0 saturated carbocycles. The van der Waals surface area contributed by atoms with Gasteiger partial charge >= 0.3 is 6.18 Å². The van der Waals surface area contributed by atoms with E-state index in [1.54, 1.807) is 13.1 Å². The maximum atomic E-state index is 13.1. The molecular weight excluding hydrogens is 503 g/mol. The van der Waals surface area contributed by atoms with Crippen LogP contribution in [0.3, 0.4) is 0 Å². The number of anilines is 1. The number of guanidine groups is 1. The number of hydrogen-bond donors (Lipinski definition) is 3. The predicted molar refractivity (Wildman–Crippen MR) is 115 cm³/mol. The zero-order valence-electron chi connectivity index (χ0n) is 16.0. The highest BCUT2D eigenvalue weighted by Gasteiger charge is 2.32. The number of nitrogens with one attached hydrogen (secondary N) is 3. The molecule has 2 rings (SSSR count). The number of benzene rings is 1. The van der Waals surface area contributed by atoms with Gasteiger partial charge < -0.3 is 16.0 Å². The summed E-state index contributed by atoms with van der Waals surface area (Å²) < 4.78 is 51.0. The minimum Gasteiger partial charge on any atom is -0.356 e. The number of hydrogen-bond acceptors (Lipinski definition) is 4. The van der Waals surface area contributed by atoms with Gasteiger partial charge in [-0.15, -0.1) is 24.0 Å². The summed E-state index contributed by atoms with van der Waals surface area (Å²) in [6, 6.07) is 5.49. The van der Waals surface area contributed by atoms with Crippen LogP contribution in [0, 0.1) is 12.7 Å². The number of nitrogens with zero attached hydrogens (tertiary/aromatic N) is 3. The molecule has 0 amide bonds. The molecule has 6 nitrogen and oxygen atoms in total. The van der Waals surface area contributed by atoms with Gasteiger partial charge in [-0.05, 0) is 42.7 Å². The van der Waals surface area contributed by atoms with Gasteiger partial charge in [0.15, 0.2) is 5.96 Å². The van der Waals surface area contributed by atoms with Crippen LogP contribution in [0.5, 0.6) is 0 Å². The lowest BCUT2D eigenvalue weighted by Crippen LogP contribution is -2.40. The molecule has 3 N–H and O–H groups in total. The third-order valence-electron chi connectivity index (χ3n) is 3.86. The monoisotopic (exact) mass is 526 g/mol. The van der Waals surface area contributed by atoms with Gasteiger partial charge in [0.2, 0.25) is 5.95 Å². The summed E-state index contributed by atoms with van der Waals surface area (Å²) in [5.74, 6) is 0.196. The third kappa shape index (κ3) is 8.38. The Balaban J connectivity index is 0.00000420. The summed E-state index contributed by atoms with van der Waals surface area (Å²) >= 11 is 0. The summed E-state index contributed by atoms with van der Waals surface area (Å²) in [5.41, 5.74) is 0.925. The van der Waals surface area contributed by atoms with Crippen molar-refractivity contribution in [3.05, 3.63) is 53.1 Å². The van der Waals surface area contributed by atoms with Gasteiger partial charge in [0.1, 0.15) is 11.5 Å². The van der Waals surface area contributed by atoms with Crippen molar-refractivity contribution in [1.29, 1.82) is 0 Å². The number of halogens is 5. The van der Waals surface area contributed by atoms with Gasteiger partial charge in [0, 0.05) is 32.9 Å². The summed E-state index contributed by atoms with van der Waals surface area (Å²) in [7, 11) is 1.61. The smallest absolute Gasteiger partial charge is 0.356 e. The molecule has 0 unspecified atom stereocenters. The van der Waals surface area contributed by atoms with E-state index in [1.165, 1.54) is 12.1 Å². The minimum atomic E-state index is -4.51. The van der Waals surface area contributed by atoms with Crippen molar-refractivity contribution in [1.82, 2.24) is 20.6 Å². The highest BCUT2D eigenvalue weighted by molar-refractivity contribution is 14.0. The number of alkyl halides is 3. The van der Waals surface area contributed by atoms with E-state index in [9.17, 15) is 17.6 Å². The normalized spacial score (nSPS) is 11.6. The first-order chi connectivity index (χ1) is 13.3. The van der Waals surface area contributed by atoms with Crippen molar-refractivity contribution in [3.8, 4) is 0 Å². The molecule has 0 fully saturated rings. The van der Waals surface area contributed by atoms with Crippen LogP contribution in [0.2, 0.25) is 0 Å². The third-order valence-corrected chi connectivity index (χ3v) is 3.86. The fraction of sp³-hybridized carbons (Fsp3) is 0.389. The molecule has 11 heteroatoms. The predicted octanol–water partition coefficient (Wildman–Crippen LogP) is 3.38. The first kappa shape index (κ1) is 24.9. The fourth-order valence-electron chi connectivity index (χ4n) is 2.43. The molecule has 1 aromatic carbocycles. The van der Waals surface area contributed by atoms with Crippen molar-refractivity contribution in [3.63, 3.8) is 0 Å². The van der Waals surface area contributed by atoms with E-state index in [2.05, 4.69) is 30.9 Å². The van der Waals surface area contributed by atoms with E-state index in [0.717, 1.165) is 23.4 Å². The van der Waals surface area contributed by atoms with E-state index in [4.69, 9.17) is 0 Å². The van der Waals surface area contributed by atoms with E-state index >= 15 is 0 Å². The summed E-state index contributed by atoms with van der Waals surface area (Å²) in [6.07, 6.45) is -2.75. The Morgan fingerprint density at radius 1 is 1.10 bits per heavy atom. The van der Waals surface area contributed by atoms with Crippen molar-refractivity contribution in [2.75, 3.05) is 32.0 Å². The quantitative estimate of drug-likeness (QED) is 0.170. The van der Waals surface area contributed by atoms with Crippen LogP contribution in [0.15, 0.2) is 35.5 Å². The Labute approximate surface area is 183 Å². The Morgan fingerprint density at radius 2 is 1.83 bits per heavy atom. The number of aryl methyl sites for hydroxylation is 1. The molecule has 1 heterocycles. The SMILES string of the molecule is CN=C(NCCNc1nccc(C(F)(F)F)n1)NCCc1ccc(F)cc1C.I. The van der Waals surface area contributed by atoms with Crippen LogP contribution in [-0.2, 0) is 12.6 Å². The van der Waals surface area contributed by atoms with Crippen molar-refractivity contribution in [2.24, 2.45) is 4.99 Å². The molecular formula is C18H23F4IN6. The van der Waals surface area contributed by atoms with Crippen molar-refractivity contribution >= 4 is 35.9 Å². The van der Waals surface area contributed by atoms with Gasteiger partial charge in [-0.25, -0.2) is 14.4 Å². The zero-order chi connectivity index (χ0) is 20.6. The average molecular weight is 526 g/mol. The Kier molecular flexibility index (Phi) is 10.1. The molecule has 1 aromatic heterocycles. The molecule has 0 bridgehead atoms. The van der Waals surface area contributed by atoms with Crippen LogP contribution in [0.1, 0.15) is 16.8 Å². The van der Waals surface area contributed by atoms with Crippen molar-refractivity contribution < 1.29 is 17.6 Å². The van der Waals surface area contributed by atoms with Crippen LogP contribution in [-0.4, -0.2) is 42.6 Å². The zero-order valence-corrected chi connectivity index (χ0v) is 18.3. The molecule has 0 radical (unpaired) electrons. The lowest BCUT2D eigenvalue weighted by molar-refractivity contribution is -0.141. The van der Waals surface area contributed by atoms with E-state index in [1.807, 2.05) is 6.92 Å². The van der Waals surface area contributed by atoms with Crippen LogP contribution in [0.4, 0.5) is 23.5 Å². The van der Waals surface area contributed by atoms with E-state index in [-0.39, 0.29) is 35.7 Å². The number of aliphatic imine (C=N–C) groups is 1. The highest BCUT2D eigenvalue weighted by atomic mass is 127. The Hall–Kier alpha value is -2.18. The molecule has 0 aliphatic rings. The van der Waals surface area contributed by atoms with E-state index in [0.29, 0.717) is 32.0 Å². The molecule has 2 aromatic rings. The Morgan fingerprint density at radius 3 is 2.48 bits per heavy atom. The maximum absolute atomic E-state index is 13.1. The Bertz CT molecular complexity index is 813. The topological polar surface area (TPSA) is 74.2 Å². The molecule has 0 atom stereocenters. The van der Waals surface area contributed by atoms with E-state index < -0.39 is 11.9 Å². The van der Waals surface area contributed by atoms with Gasteiger partial charge in [0.25, 0.3) is 0 Å². The van der Waals surface area contributed by atoms with Gasteiger partial charge in [0.05, 0.1) is 0 Å². The minimum absolute atomic E-state index is 0. The van der Waals surface area contributed by atoms with Gasteiger partial charge in [-0.3, -0.25) is 4.99 Å². The van der Waals surface area contributed by atoms with Crippen LogP contribution < -0.4 is 16.0 Å². The molecule has 0 spiro atoms. The maximum Gasteiger partial charge on any atom is 0.433 e. The standard InChI is InChI=1S/C18H22F4N6.HI/c1-12-11-14(19)4-3-13(12)5-7-24-16(23-2)26-9-10-27-17-25-8-6-15(28-17)18(20,21)22;/h3-4,6,8,11H,5,7,9-10H2,1-2H3,(H2,23,24,26)(H,25,27,28);1H. The van der Waals surface area contributed by atoms with Gasteiger partial charge in [-0.2, -0.15) is 13.2 Å². The summed E-state index contributed by atoms with van der Waals surface area (Å²) in [6.45, 7) is 3.15. The summed E-state index contributed by atoms with van der Waals surface area (Å²) in [4.78, 5) is 11.3. The second kappa shape index (κ2) is 11.7. The summed E-state index contributed by atoms with van der Waals surface area (Å²) in [5, 5.41) is 8.89. The highest BCUT2D eigenvalue weighted by Crippen LogP contribution is 2.27. The van der Waals surface area contributed by atoms with Gasteiger partial charge in [-0.1, -0.05) is 6.07 Å². The molecule has 0 aliphatic carbocycles. The second-order valence-corrected chi connectivity index (χ2v) is 5.94. The lowest BCUT2D eigenvalue weighted by atomic mass is 10.1. The van der Waals surface area contributed by atoms with Crippen molar-refractivity contribution in [2.45, 2.75) is 19.5 Å².